The average Bonchev–Trinajstić information content (AvgIpc) is 3.03. The first-order valence-corrected chi connectivity index (χ1v) is 8.12. The summed E-state index contributed by atoms with van der Waals surface area (Å²) in [4.78, 5) is 27.0. The summed E-state index contributed by atoms with van der Waals surface area (Å²) < 4.78 is 5.65. The maximum Gasteiger partial charge on any atom is 2.00 e. The van der Waals surface area contributed by atoms with Gasteiger partial charge in [-0.2, -0.15) is 0 Å². The quantitative estimate of drug-likeness (QED) is 0.599. The summed E-state index contributed by atoms with van der Waals surface area (Å²) in [5.41, 5.74) is 1.81. The van der Waals surface area contributed by atoms with Crippen LogP contribution in [0.25, 0.3) is 10.9 Å². The number of aliphatic imine (C=N–C) groups is 1. The van der Waals surface area contributed by atoms with Crippen LogP contribution >= 0.6 is 0 Å². The Labute approximate surface area is 172 Å². The normalized spacial score (nSPS) is 14.6. The standard InChI is InChI=1S/C15H16N2O.2C2H4O2.Pd/c1-10(2)14-9-18-15(17-14)13-8-7-11-5-3-4-6-12(11)16-13;2*1-2(3)4;/h3-8,10,14H,9H2,1-2H3;2*1H3,(H,3,4);/q;;;+2/p-2/t14-;;;/m1.../s1. The molecule has 1 aliphatic rings. The summed E-state index contributed by atoms with van der Waals surface area (Å²) in [6.07, 6.45) is 0. The van der Waals surface area contributed by atoms with Crippen molar-refractivity contribution in [2.24, 2.45) is 10.9 Å². The van der Waals surface area contributed by atoms with Crippen LogP contribution in [-0.2, 0) is 34.7 Å². The van der Waals surface area contributed by atoms with Crippen molar-refractivity contribution in [2.45, 2.75) is 33.7 Å². The number of pyridine rings is 1. The fourth-order valence-electron chi connectivity index (χ4n) is 2.06. The molecule has 0 aliphatic carbocycles. The molecule has 7 nitrogen and oxygen atoms in total. The molecule has 0 spiro atoms. The van der Waals surface area contributed by atoms with Crippen LogP contribution in [0.3, 0.4) is 0 Å². The van der Waals surface area contributed by atoms with Crippen LogP contribution < -0.4 is 10.2 Å². The summed E-state index contributed by atoms with van der Waals surface area (Å²) >= 11 is 0. The van der Waals surface area contributed by atoms with E-state index in [-0.39, 0.29) is 26.5 Å². The Morgan fingerprint density at radius 2 is 1.63 bits per heavy atom. The number of fused-ring (bicyclic) bond motifs is 1. The van der Waals surface area contributed by atoms with Gasteiger partial charge in [0.2, 0.25) is 5.90 Å². The molecule has 0 N–H and O–H groups in total. The summed E-state index contributed by atoms with van der Waals surface area (Å²) in [7, 11) is 0. The maximum atomic E-state index is 8.89. The zero-order valence-electron chi connectivity index (χ0n) is 15.6. The molecule has 148 valence electrons. The fraction of sp³-hybridized carbons (Fsp3) is 0.368. The number of hydrogen-bond donors (Lipinski definition) is 0. The maximum absolute atomic E-state index is 8.89. The van der Waals surface area contributed by atoms with Gasteiger partial charge in [-0.1, -0.05) is 38.1 Å². The molecule has 3 rings (SSSR count). The number of carboxylic acids is 2. The molecule has 0 amide bonds. The molecule has 0 radical (unpaired) electrons. The van der Waals surface area contributed by atoms with Gasteiger partial charge in [-0.25, -0.2) is 9.98 Å². The van der Waals surface area contributed by atoms with Crippen LogP contribution in [0.1, 0.15) is 33.4 Å². The van der Waals surface area contributed by atoms with E-state index in [0.29, 0.717) is 18.4 Å². The van der Waals surface area contributed by atoms with E-state index in [1.54, 1.807) is 0 Å². The van der Waals surface area contributed by atoms with Crippen LogP contribution in [0.2, 0.25) is 0 Å². The molecule has 0 unspecified atom stereocenters. The molecule has 1 aromatic carbocycles. The topological polar surface area (TPSA) is 115 Å². The summed E-state index contributed by atoms with van der Waals surface area (Å²) in [5.74, 6) is -0.984. The monoisotopic (exact) mass is 464 g/mol. The van der Waals surface area contributed by atoms with E-state index in [4.69, 9.17) is 24.5 Å². The number of rotatable bonds is 2. The number of para-hydroxylation sites is 1. The number of nitrogens with zero attached hydrogens (tertiary/aromatic N) is 2. The van der Waals surface area contributed by atoms with Crippen molar-refractivity contribution in [3.8, 4) is 0 Å². The van der Waals surface area contributed by atoms with Crippen LogP contribution in [0.4, 0.5) is 0 Å². The first kappa shape index (κ1) is 24.7. The van der Waals surface area contributed by atoms with Gasteiger partial charge in [0, 0.05) is 17.3 Å². The Balaban J connectivity index is 0.000000646. The molecule has 1 aromatic heterocycles. The number of hydrogen-bond acceptors (Lipinski definition) is 7. The summed E-state index contributed by atoms with van der Waals surface area (Å²) in [5, 5.41) is 18.9. The number of benzene rings is 1. The first-order chi connectivity index (χ1) is 12.2. The van der Waals surface area contributed by atoms with E-state index < -0.39 is 11.9 Å². The first-order valence-electron chi connectivity index (χ1n) is 8.12. The molecule has 1 atom stereocenters. The second-order valence-corrected chi connectivity index (χ2v) is 5.93. The van der Waals surface area contributed by atoms with Crippen LogP contribution in [0.15, 0.2) is 41.4 Å². The van der Waals surface area contributed by atoms with Gasteiger partial charge in [0.25, 0.3) is 0 Å². The average molecular weight is 465 g/mol. The van der Waals surface area contributed by atoms with E-state index in [9.17, 15) is 0 Å². The minimum atomic E-state index is -1.08. The SMILES string of the molecule is CC(=O)[O-].CC(=O)[O-].CC(C)[C@H]1COC(c2ccc3ccccc3n2)=N1.[Pd+2]. The molecule has 0 bridgehead atoms. The van der Waals surface area contributed by atoms with Crippen LogP contribution in [0, 0.1) is 5.92 Å². The van der Waals surface area contributed by atoms with Crippen LogP contribution in [0.5, 0.6) is 0 Å². The van der Waals surface area contributed by atoms with Gasteiger partial charge >= 0.3 is 20.4 Å². The van der Waals surface area contributed by atoms with Gasteiger partial charge < -0.3 is 24.5 Å². The molecule has 0 saturated heterocycles. The summed E-state index contributed by atoms with van der Waals surface area (Å²) in [6.45, 7) is 6.93. The Morgan fingerprint density at radius 3 is 2.15 bits per heavy atom. The predicted octanol–water partition coefficient (Wildman–Crippen LogP) is 0.546. The molecule has 2 aromatic rings. The third-order valence-electron chi connectivity index (χ3n) is 3.26. The van der Waals surface area contributed by atoms with Gasteiger partial charge in [0.15, 0.2) is 0 Å². The minimum Gasteiger partial charge on any atom is -0.550 e. The van der Waals surface area contributed by atoms with Crippen molar-refractivity contribution < 1.29 is 45.0 Å². The second kappa shape index (κ2) is 12.2. The number of carbonyl (C=O) groups is 2. The third-order valence-corrected chi connectivity index (χ3v) is 3.26. The minimum absolute atomic E-state index is 0. The number of aromatic nitrogens is 1. The van der Waals surface area contributed by atoms with E-state index >= 15 is 0 Å². The molecular formula is C19H22N2O5Pd. The number of aliphatic carboxylic acids is 2. The number of ether oxygens (including phenoxy) is 1. The van der Waals surface area contributed by atoms with Crippen molar-refractivity contribution in [1.29, 1.82) is 0 Å². The van der Waals surface area contributed by atoms with Gasteiger partial charge in [0.05, 0.1) is 11.6 Å². The Morgan fingerprint density at radius 1 is 1.07 bits per heavy atom. The molecule has 2 heterocycles. The van der Waals surface area contributed by atoms with Gasteiger partial charge in [-0.3, -0.25) is 0 Å². The van der Waals surface area contributed by atoms with Crippen molar-refractivity contribution >= 4 is 28.7 Å². The molecule has 1 aliphatic heterocycles. The van der Waals surface area contributed by atoms with Crippen molar-refractivity contribution in [1.82, 2.24) is 4.98 Å². The van der Waals surface area contributed by atoms with Crippen molar-refractivity contribution in [3.05, 3.63) is 42.1 Å². The fourth-order valence-corrected chi connectivity index (χ4v) is 2.06. The third kappa shape index (κ3) is 9.27. The second-order valence-electron chi connectivity index (χ2n) is 5.93. The van der Waals surface area contributed by atoms with Crippen LogP contribution in [-0.4, -0.2) is 35.5 Å². The Kier molecular flexibility index (Phi) is 11.1. The van der Waals surface area contributed by atoms with E-state index in [1.165, 1.54) is 0 Å². The number of carbonyl (C=O) groups excluding carboxylic acids is 2. The van der Waals surface area contributed by atoms with Gasteiger partial charge in [-0.15, -0.1) is 0 Å². The molecule has 0 fully saturated rings. The zero-order chi connectivity index (χ0) is 19.7. The van der Waals surface area contributed by atoms with E-state index in [2.05, 4.69) is 36.0 Å². The Bertz CT molecular complexity index is 773. The predicted molar refractivity (Wildman–Crippen MR) is 94.2 cm³/mol. The van der Waals surface area contributed by atoms with Crippen molar-refractivity contribution in [2.75, 3.05) is 6.61 Å². The summed E-state index contributed by atoms with van der Waals surface area (Å²) in [6, 6.07) is 12.4. The van der Waals surface area contributed by atoms with E-state index in [0.717, 1.165) is 30.4 Å². The van der Waals surface area contributed by atoms with Crippen molar-refractivity contribution in [3.63, 3.8) is 0 Å². The number of carboxylic acid groups (broad SMARTS) is 2. The van der Waals surface area contributed by atoms with Gasteiger partial charge in [-0.05, 0) is 31.9 Å². The van der Waals surface area contributed by atoms with E-state index in [1.807, 2.05) is 24.3 Å². The molecule has 27 heavy (non-hydrogen) atoms. The largest absolute Gasteiger partial charge is 2.00 e. The zero-order valence-corrected chi connectivity index (χ0v) is 17.1. The smallest absolute Gasteiger partial charge is 0.550 e. The molecule has 0 saturated carbocycles. The Hall–Kier alpha value is -2.30. The molecular weight excluding hydrogens is 443 g/mol. The van der Waals surface area contributed by atoms with Gasteiger partial charge in [0.1, 0.15) is 12.3 Å². The molecule has 8 heteroatoms.